The molecule has 0 aliphatic rings. The van der Waals surface area contributed by atoms with Gasteiger partial charge in [-0.2, -0.15) is 0 Å². The molecule has 122 valence electrons. The van der Waals surface area contributed by atoms with Crippen molar-refractivity contribution in [2.24, 2.45) is 0 Å². The average molecular weight is 386 g/mol. The molecule has 0 aliphatic carbocycles. The zero-order chi connectivity index (χ0) is 17.1. The molecule has 0 fully saturated rings. The Morgan fingerprint density at radius 1 is 1.04 bits per heavy atom. The fourth-order valence-electron chi connectivity index (χ4n) is 2.42. The second-order valence-electron chi connectivity index (χ2n) is 5.48. The van der Waals surface area contributed by atoms with E-state index in [2.05, 4.69) is 21.1 Å². The lowest BCUT2D eigenvalue weighted by atomic mass is 10.1. The van der Waals surface area contributed by atoms with Crippen molar-refractivity contribution in [1.82, 2.24) is 5.16 Å². The van der Waals surface area contributed by atoms with E-state index in [1.807, 2.05) is 43.3 Å². The van der Waals surface area contributed by atoms with Gasteiger partial charge in [-0.05, 0) is 49.2 Å². The molecule has 4 nitrogen and oxygen atoms in total. The summed E-state index contributed by atoms with van der Waals surface area (Å²) < 4.78 is 11.5. The number of ether oxygens (including phenoxy) is 1. The molecule has 5 heteroatoms. The Bertz CT molecular complexity index is 832. The minimum Gasteiger partial charge on any atom is -0.426 e. The Morgan fingerprint density at radius 3 is 2.17 bits per heavy atom. The molecule has 0 N–H and O–H groups in total. The number of hydrogen-bond donors (Lipinski definition) is 0. The number of hydrogen-bond acceptors (Lipinski definition) is 4. The summed E-state index contributed by atoms with van der Waals surface area (Å²) in [5.41, 5.74) is 3.67. The van der Waals surface area contributed by atoms with Gasteiger partial charge in [0.15, 0.2) is 0 Å². The van der Waals surface area contributed by atoms with Crippen LogP contribution >= 0.6 is 15.9 Å². The van der Waals surface area contributed by atoms with Gasteiger partial charge in [0, 0.05) is 10.0 Å². The van der Waals surface area contributed by atoms with Gasteiger partial charge in [-0.15, -0.1) is 0 Å². The summed E-state index contributed by atoms with van der Waals surface area (Å²) in [5, 5.41) is 3.84. The first-order chi connectivity index (χ1) is 11.5. The molecule has 1 heterocycles. The number of rotatable bonds is 4. The highest BCUT2D eigenvalue weighted by Crippen LogP contribution is 2.24. The quantitative estimate of drug-likeness (QED) is 0.474. The number of aryl methyl sites for hydroxylation is 2. The molecule has 0 atom stereocenters. The summed E-state index contributed by atoms with van der Waals surface area (Å²) in [4.78, 5) is 12.1. The maximum absolute atomic E-state index is 12.1. The molecule has 0 spiro atoms. The number of nitrogens with zero attached hydrogens (tertiary/aromatic N) is 1. The van der Waals surface area contributed by atoms with Gasteiger partial charge in [-0.3, -0.25) is 4.79 Å². The second-order valence-corrected chi connectivity index (χ2v) is 6.40. The number of carbonyl (C=O) groups excluding carboxylic acids is 1. The lowest BCUT2D eigenvalue weighted by Crippen LogP contribution is -2.12. The van der Waals surface area contributed by atoms with Gasteiger partial charge < -0.3 is 9.26 Å². The van der Waals surface area contributed by atoms with Gasteiger partial charge in [-0.25, -0.2) is 0 Å². The number of aromatic nitrogens is 1. The van der Waals surface area contributed by atoms with E-state index in [1.165, 1.54) is 0 Å². The van der Waals surface area contributed by atoms with Crippen LogP contribution in [-0.2, 0) is 11.2 Å². The summed E-state index contributed by atoms with van der Waals surface area (Å²) in [6.07, 6.45) is 0.148. The SMILES string of the molecule is Cc1noc(C)c1CC(=O)Oc1ccc(-c2ccc(Br)cc2)cc1. The molecule has 0 bridgehead atoms. The van der Waals surface area contributed by atoms with Gasteiger partial charge in [0.05, 0.1) is 12.1 Å². The Hall–Kier alpha value is -2.40. The van der Waals surface area contributed by atoms with Gasteiger partial charge in [0.2, 0.25) is 0 Å². The van der Waals surface area contributed by atoms with Crippen molar-refractivity contribution < 1.29 is 14.1 Å². The van der Waals surface area contributed by atoms with Crippen molar-refractivity contribution in [2.75, 3.05) is 0 Å². The second kappa shape index (κ2) is 7.01. The fraction of sp³-hybridized carbons (Fsp3) is 0.158. The van der Waals surface area contributed by atoms with E-state index < -0.39 is 0 Å². The first-order valence-electron chi connectivity index (χ1n) is 7.51. The minimum atomic E-state index is -0.333. The fourth-order valence-corrected chi connectivity index (χ4v) is 2.69. The van der Waals surface area contributed by atoms with Crippen LogP contribution in [0.3, 0.4) is 0 Å². The minimum absolute atomic E-state index is 0.148. The van der Waals surface area contributed by atoms with Crippen LogP contribution in [0.5, 0.6) is 5.75 Å². The van der Waals surface area contributed by atoms with Crippen LogP contribution in [0.1, 0.15) is 17.0 Å². The summed E-state index contributed by atoms with van der Waals surface area (Å²) >= 11 is 3.42. The summed E-state index contributed by atoms with van der Waals surface area (Å²) in [7, 11) is 0. The third-order valence-corrected chi connectivity index (χ3v) is 4.29. The number of benzene rings is 2. The number of esters is 1. The van der Waals surface area contributed by atoms with Crippen LogP contribution in [0.4, 0.5) is 0 Å². The van der Waals surface area contributed by atoms with Crippen LogP contribution in [-0.4, -0.2) is 11.1 Å². The predicted octanol–water partition coefficient (Wildman–Crippen LogP) is 4.87. The molecular formula is C19H16BrNO3. The van der Waals surface area contributed by atoms with Gasteiger partial charge in [-0.1, -0.05) is 45.4 Å². The van der Waals surface area contributed by atoms with Crippen molar-refractivity contribution in [3.63, 3.8) is 0 Å². The Morgan fingerprint density at radius 2 is 1.62 bits per heavy atom. The normalized spacial score (nSPS) is 10.6. The number of carbonyl (C=O) groups is 1. The third-order valence-electron chi connectivity index (χ3n) is 3.77. The van der Waals surface area contributed by atoms with Crippen molar-refractivity contribution >= 4 is 21.9 Å². The Kier molecular flexibility index (Phi) is 4.81. The zero-order valence-electron chi connectivity index (χ0n) is 13.4. The first-order valence-corrected chi connectivity index (χ1v) is 8.30. The van der Waals surface area contributed by atoms with Crippen molar-refractivity contribution in [3.8, 4) is 16.9 Å². The molecule has 3 aromatic rings. The molecule has 3 rings (SSSR count). The van der Waals surface area contributed by atoms with Crippen LogP contribution in [0.2, 0.25) is 0 Å². The van der Waals surface area contributed by atoms with Crippen LogP contribution in [0, 0.1) is 13.8 Å². The van der Waals surface area contributed by atoms with E-state index in [4.69, 9.17) is 9.26 Å². The highest BCUT2D eigenvalue weighted by molar-refractivity contribution is 9.10. The summed E-state index contributed by atoms with van der Waals surface area (Å²) in [6, 6.07) is 15.5. The topological polar surface area (TPSA) is 52.3 Å². The van der Waals surface area contributed by atoms with Gasteiger partial charge >= 0.3 is 5.97 Å². The highest BCUT2D eigenvalue weighted by atomic mass is 79.9. The lowest BCUT2D eigenvalue weighted by molar-refractivity contribution is -0.133. The molecule has 0 saturated heterocycles. The third kappa shape index (κ3) is 3.74. The molecule has 0 aliphatic heterocycles. The smallest absolute Gasteiger partial charge is 0.315 e. The van der Waals surface area contributed by atoms with Crippen LogP contribution < -0.4 is 4.74 Å². The zero-order valence-corrected chi connectivity index (χ0v) is 15.0. The molecule has 24 heavy (non-hydrogen) atoms. The first kappa shape index (κ1) is 16.5. The van der Waals surface area contributed by atoms with E-state index in [0.717, 1.165) is 26.9 Å². The maximum atomic E-state index is 12.1. The molecule has 0 unspecified atom stereocenters. The number of halogens is 1. The van der Waals surface area contributed by atoms with Crippen molar-refractivity contribution in [1.29, 1.82) is 0 Å². The van der Waals surface area contributed by atoms with Gasteiger partial charge in [0.25, 0.3) is 0 Å². The van der Waals surface area contributed by atoms with Crippen LogP contribution in [0.25, 0.3) is 11.1 Å². The van der Waals surface area contributed by atoms with E-state index >= 15 is 0 Å². The van der Waals surface area contributed by atoms with E-state index in [1.54, 1.807) is 19.1 Å². The lowest BCUT2D eigenvalue weighted by Gasteiger charge is -2.06. The standard InChI is InChI=1S/C19H16BrNO3/c1-12-18(13(2)24-21-12)11-19(22)23-17-9-5-15(6-10-17)14-3-7-16(20)8-4-14/h3-10H,11H2,1-2H3. The van der Waals surface area contributed by atoms with E-state index in [-0.39, 0.29) is 12.4 Å². The largest absolute Gasteiger partial charge is 0.426 e. The van der Waals surface area contributed by atoms with Crippen LogP contribution in [0.15, 0.2) is 57.5 Å². The Labute approximate surface area is 148 Å². The van der Waals surface area contributed by atoms with E-state index in [0.29, 0.717) is 11.5 Å². The molecule has 0 saturated carbocycles. The van der Waals surface area contributed by atoms with Crippen molar-refractivity contribution in [2.45, 2.75) is 20.3 Å². The molecule has 1 aromatic heterocycles. The van der Waals surface area contributed by atoms with Crippen molar-refractivity contribution in [3.05, 3.63) is 70.0 Å². The van der Waals surface area contributed by atoms with Gasteiger partial charge in [0.1, 0.15) is 11.5 Å². The maximum Gasteiger partial charge on any atom is 0.315 e. The molecule has 0 amide bonds. The monoisotopic (exact) mass is 385 g/mol. The highest BCUT2D eigenvalue weighted by Gasteiger charge is 2.15. The molecule has 0 radical (unpaired) electrons. The predicted molar refractivity (Wildman–Crippen MR) is 94.9 cm³/mol. The van der Waals surface area contributed by atoms with E-state index in [9.17, 15) is 4.79 Å². The Balaban J connectivity index is 1.68. The molecule has 2 aromatic carbocycles. The summed E-state index contributed by atoms with van der Waals surface area (Å²) in [6.45, 7) is 3.60. The molecular weight excluding hydrogens is 370 g/mol. The average Bonchev–Trinajstić information content (AvgIpc) is 2.88. The summed E-state index contributed by atoms with van der Waals surface area (Å²) in [5.74, 6) is 0.837.